The van der Waals surface area contributed by atoms with Gasteiger partial charge >= 0.3 is 0 Å². The van der Waals surface area contributed by atoms with Crippen molar-refractivity contribution in [3.8, 4) is 0 Å². The number of amides is 3. The third kappa shape index (κ3) is 3.84. The van der Waals surface area contributed by atoms with Crippen molar-refractivity contribution < 1.29 is 14.4 Å². The topological polar surface area (TPSA) is 69.7 Å². The van der Waals surface area contributed by atoms with Gasteiger partial charge in [0.2, 0.25) is 11.8 Å². The maximum absolute atomic E-state index is 13.0. The molecule has 0 bridgehead atoms. The Hall–Kier alpha value is -2.37. The van der Waals surface area contributed by atoms with Gasteiger partial charge in [0.1, 0.15) is 6.04 Å². The summed E-state index contributed by atoms with van der Waals surface area (Å²) in [6, 6.07) is 5.74. The second-order valence-corrected chi connectivity index (χ2v) is 7.82. The number of hydrogen-bond acceptors (Lipinski definition) is 3. The Morgan fingerprint density at radius 3 is 2.41 bits per heavy atom. The Balaban J connectivity index is 1.39. The van der Waals surface area contributed by atoms with Crippen molar-refractivity contribution in [3.63, 3.8) is 0 Å². The van der Waals surface area contributed by atoms with E-state index in [0.29, 0.717) is 39.0 Å². The standard InChI is InChI=1S/C21H27N3O3/c25-19-9-8-18(22-19)21(27)24-11-3-10-23(12-13-24)20(26)17-7-6-15-4-1-2-5-16(15)14-17/h6-7,14,18H,1-5,8-13H2,(H,22,25). The molecular formula is C21H27N3O3. The lowest BCUT2D eigenvalue weighted by molar-refractivity contribution is -0.134. The fraction of sp³-hybridized carbons (Fsp3) is 0.571. The molecule has 0 spiro atoms. The van der Waals surface area contributed by atoms with Crippen LogP contribution in [-0.4, -0.2) is 59.7 Å². The van der Waals surface area contributed by atoms with Gasteiger partial charge in [-0.1, -0.05) is 6.07 Å². The molecule has 4 rings (SSSR count). The molecule has 27 heavy (non-hydrogen) atoms. The molecule has 1 unspecified atom stereocenters. The average Bonchev–Trinajstić information content (AvgIpc) is 2.98. The largest absolute Gasteiger partial charge is 0.344 e. The van der Waals surface area contributed by atoms with Crippen LogP contribution in [0.15, 0.2) is 18.2 Å². The highest BCUT2D eigenvalue weighted by Crippen LogP contribution is 2.23. The molecule has 2 fully saturated rings. The molecule has 1 atom stereocenters. The summed E-state index contributed by atoms with van der Waals surface area (Å²) in [5.41, 5.74) is 3.46. The zero-order valence-electron chi connectivity index (χ0n) is 15.7. The van der Waals surface area contributed by atoms with Crippen LogP contribution in [-0.2, 0) is 22.4 Å². The number of nitrogens with zero attached hydrogens (tertiary/aromatic N) is 2. The van der Waals surface area contributed by atoms with Crippen molar-refractivity contribution in [2.24, 2.45) is 0 Å². The van der Waals surface area contributed by atoms with E-state index in [1.54, 1.807) is 4.90 Å². The van der Waals surface area contributed by atoms with E-state index >= 15 is 0 Å². The molecule has 6 heteroatoms. The lowest BCUT2D eigenvalue weighted by atomic mass is 9.90. The minimum Gasteiger partial charge on any atom is -0.344 e. The first kappa shape index (κ1) is 18.0. The van der Waals surface area contributed by atoms with Crippen LogP contribution in [0, 0.1) is 0 Å². The number of aryl methyl sites for hydroxylation is 2. The molecule has 0 saturated carbocycles. The summed E-state index contributed by atoms with van der Waals surface area (Å²) >= 11 is 0. The van der Waals surface area contributed by atoms with Crippen molar-refractivity contribution in [1.29, 1.82) is 0 Å². The molecule has 2 aliphatic heterocycles. The molecular weight excluding hydrogens is 342 g/mol. The van der Waals surface area contributed by atoms with Gasteiger partial charge in [0, 0.05) is 38.2 Å². The second kappa shape index (κ2) is 7.71. The first-order valence-electron chi connectivity index (χ1n) is 10.1. The van der Waals surface area contributed by atoms with E-state index in [1.807, 2.05) is 11.0 Å². The number of nitrogens with one attached hydrogen (secondary N) is 1. The van der Waals surface area contributed by atoms with Crippen LogP contribution >= 0.6 is 0 Å². The molecule has 1 N–H and O–H groups in total. The first-order valence-corrected chi connectivity index (χ1v) is 10.1. The lowest BCUT2D eigenvalue weighted by Gasteiger charge is -2.25. The quantitative estimate of drug-likeness (QED) is 0.859. The van der Waals surface area contributed by atoms with E-state index in [4.69, 9.17) is 0 Å². The molecule has 6 nitrogen and oxygen atoms in total. The van der Waals surface area contributed by atoms with Crippen molar-refractivity contribution in [1.82, 2.24) is 15.1 Å². The van der Waals surface area contributed by atoms with Gasteiger partial charge < -0.3 is 15.1 Å². The molecule has 3 amide bonds. The van der Waals surface area contributed by atoms with Crippen molar-refractivity contribution >= 4 is 17.7 Å². The highest BCUT2D eigenvalue weighted by atomic mass is 16.2. The van der Waals surface area contributed by atoms with Crippen LogP contribution in [0.25, 0.3) is 0 Å². The monoisotopic (exact) mass is 369 g/mol. The maximum atomic E-state index is 13.0. The van der Waals surface area contributed by atoms with Crippen LogP contribution in [0.1, 0.15) is 53.6 Å². The summed E-state index contributed by atoms with van der Waals surface area (Å²) in [5.74, 6) is 0.00292. The van der Waals surface area contributed by atoms with E-state index in [9.17, 15) is 14.4 Å². The van der Waals surface area contributed by atoms with Gasteiger partial charge in [-0.05, 0) is 61.8 Å². The van der Waals surface area contributed by atoms with Crippen molar-refractivity contribution in [2.75, 3.05) is 26.2 Å². The van der Waals surface area contributed by atoms with Gasteiger partial charge in [0.15, 0.2) is 0 Å². The highest BCUT2D eigenvalue weighted by Gasteiger charge is 2.32. The third-order valence-corrected chi connectivity index (χ3v) is 5.98. The van der Waals surface area contributed by atoms with E-state index in [0.717, 1.165) is 24.8 Å². The Morgan fingerprint density at radius 2 is 1.63 bits per heavy atom. The summed E-state index contributed by atoms with van der Waals surface area (Å²) in [6.07, 6.45) is 6.37. The molecule has 1 aliphatic carbocycles. The number of benzene rings is 1. The molecule has 2 saturated heterocycles. The van der Waals surface area contributed by atoms with Gasteiger partial charge in [0.05, 0.1) is 0 Å². The molecule has 1 aromatic rings. The van der Waals surface area contributed by atoms with Crippen LogP contribution in [0.2, 0.25) is 0 Å². The molecule has 144 valence electrons. The summed E-state index contributed by atoms with van der Waals surface area (Å²) in [4.78, 5) is 40.6. The zero-order chi connectivity index (χ0) is 18.8. The van der Waals surface area contributed by atoms with Gasteiger partial charge in [0.25, 0.3) is 5.91 Å². The number of carbonyl (C=O) groups is 3. The minimum atomic E-state index is -0.389. The fourth-order valence-corrected chi connectivity index (χ4v) is 4.41. The number of hydrogen-bond donors (Lipinski definition) is 1. The summed E-state index contributed by atoms with van der Waals surface area (Å²) in [6.45, 7) is 2.38. The SMILES string of the molecule is O=C1CCC(C(=O)N2CCCN(C(=O)c3ccc4c(c3)CCCC4)CC2)N1. The van der Waals surface area contributed by atoms with Crippen molar-refractivity contribution in [2.45, 2.75) is 51.0 Å². The van der Waals surface area contributed by atoms with Gasteiger partial charge in [-0.3, -0.25) is 14.4 Å². The molecule has 2 heterocycles. The molecule has 0 aromatic heterocycles. The fourth-order valence-electron chi connectivity index (χ4n) is 4.41. The Labute approximate surface area is 159 Å². The summed E-state index contributed by atoms with van der Waals surface area (Å²) < 4.78 is 0. The summed E-state index contributed by atoms with van der Waals surface area (Å²) in [7, 11) is 0. The van der Waals surface area contributed by atoms with E-state index in [2.05, 4.69) is 17.4 Å². The normalized spacial score (nSPS) is 22.8. The Morgan fingerprint density at radius 1 is 0.889 bits per heavy atom. The van der Waals surface area contributed by atoms with Crippen LogP contribution in [0.3, 0.4) is 0 Å². The predicted molar refractivity (Wildman–Crippen MR) is 101 cm³/mol. The van der Waals surface area contributed by atoms with E-state index in [-0.39, 0.29) is 23.8 Å². The van der Waals surface area contributed by atoms with Gasteiger partial charge in [-0.15, -0.1) is 0 Å². The first-order chi connectivity index (χ1) is 13.1. The zero-order valence-corrected chi connectivity index (χ0v) is 15.7. The Bertz CT molecular complexity index is 761. The van der Waals surface area contributed by atoms with Crippen LogP contribution < -0.4 is 5.32 Å². The maximum Gasteiger partial charge on any atom is 0.253 e. The molecule has 1 aromatic carbocycles. The average molecular weight is 369 g/mol. The highest BCUT2D eigenvalue weighted by molar-refractivity contribution is 5.95. The Kier molecular flexibility index (Phi) is 5.14. The number of rotatable bonds is 2. The third-order valence-electron chi connectivity index (χ3n) is 5.98. The molecule has 3 aliphatic rings. The van der Waals surface area contributed by atoms with Gasteiger partial charge in [-0.2, -0.15) is 0 Å². The molecule has 0 radical (unpaired) electrons. The second-order valence-electron chi connectivity index (χ2n) is 7.82. The van der Waals surface area contributed by atoms with Crippen LogP contribution in [0.4, 0.5) is 0 Å². The van der Waals surface area contributed by atoms with E-state index < -0.39 is 0 Å². The number of carbonyl (C=O) groups excluding carboxylic acids is 3. The van der Waals surface area contributed by atoms with E-state index in [1.165, 1.54) is 24.0 Å². The summed E-state index contributed by atoms with van der Waals surface area (Å²) in [5, 5.41) is 2.75. The van der Waals surface area contributed by atoms with Crippen LogP contribution in [0.5, 0.6) is 0 Å². The van der Waals surface area contributed by atoms with Crippen molar-refractivity contribution in [3.05, 3.63) is 34.9 Å². The van der Waals surface area contributed by atoms with Gasteiger partial charge in [-0.25, -0.2) is 0 Å². The smallest absolute Gasteiger partial charge is 0.253 e. The number of fused-ring (bicyclic) bond motifs is 1. The lowest BCUT2D eigenvalue weighted by Crippen LogP contribution is -2.46. The minimum absolute atomic E-state index is 0.0103. The predicted octanol–water partition coefficient (Wildman–Crippen LogP) is 1.52.